The number of fused-ring (bicyclic) bond motifs is 1. The number of nitrogens with zero attached hydrogens (tertiary/aromatic N) is 1. The number of amides is 1. The first-order valence-corrected chi connectivity index (χ1v) is 10.1. The Hall–Kier alpha value is -2.69. The summed E-state index contributed by atoms with van der Waals surface area (Å²) in [4.78, 5) is 15.0. The Kier molecular flexibility index (Phi) is 6.45. The Balaban J connectivity index is 1.89. The third-order valence-electron chi connectivity index (χ3n) is 5.03. The van der Waals surface area contributed by atoms with Crippen molar-refractivity contribution < 1.29 is 14.3 Å². The number of para-hydroxylation sites is 1. The minimum atomic E-state index is -0.259. The summed E-state index contributed by atoms with van der Waals surface area (Å²) < 4.78 is 11.5. The molecule has 0 fully saturated rings. The zero-order valence-electron chi connectivity index (χ0n) is 17.2. The molecule has 0 aromatic heterocycles. The van der Waals surface area contributed by atoms with Gasteiger partial charge in [0.25, 0.3) is 5.91 Å². The molecule has 1 atom stereocenters. The second kappa shape index (κ2) is 9.00. The first kappa shape index (κ1) is 20.1. The van der Waals surface area contributed by atoms with Crippen LogP contribution >= 0.6 is 0 Å². The van der Waals surface area contributed by atoms with E-state index in [0.29, 0.717) is 17.9 Å². The van der Waals surface area contributed by atoms with Crippen molar-refractivity contribution >= 4 is 11.6 Å². The second-order valence-corrected chi connectivity index (χ2v) is 7.36. The molecule has 2 aromatic rings. The Morgan fingerprint density at radius 2 is 1.89 bits per heavy atom. The van der Waals surface area contributed by atoms with Gasteiger partial charge in [0.2, 0.25) is 0 Å². The lowest BCUT2D eigenvalue weighted by molar-refractivity contribution is 0.0616. The van der Waals surface area contributed by atoms with E-state index in [-0.39, 0.29) is 18.1 Å². The molecule has 1 unspecified atom stereocenters. The number of carbonyl (C=O) groups is 1. The van der Waals surface area contributed by atoms with Crippen molar-refractivity contribution in [2.24, 2.45) is 0 Å². The molecule has 28 heavy (non-hydrogen) atoms. The van der Waals surface area contributed by atoms with Crippen LogP contribution in [0.3, 0.4) is 0 Å². The van der Waals surface area contributed by atoms with Crippen molar-refractivity contribution in [3.8, 4) is 11.5 Å². The molecule has 1 aliphatic heterocycles. The van der Waals surface area contributed by atoms with Gasteiger partial charge in [-0.3, -0.25) is 4.79 Å². The van der Waals surface area contributed by atoms with Crippen molar-refractivity contribution in [2.75, 3.05) is 19.0 Å². The molecule has 3 rings (SSSR count). The van der Waals surface area contributed by atoms with E-state index in [2.05, 4.69) is 12.2 Å². The van der Waals surface area contributed by atoms with Crippen LogP contribution in [0.5, 0.6) is 11.5 Å². The second-order valence-electron chi connectivity index (χ2n) is 7.36. The first-order chi connectivity index (χ1) is 13.6. The lowest BCUT2D eigenvalue weighted by Gasteiger charge is -2.40. The first-order valence-electron chi connectivity index (χ1n) is 10.1. The van der Waals surface area contributed by atoms with Crippen molar-refractivity contribution in [2.45, 2.75) is 52.2 Å². The van der Waals surface area contributed by atoms with Gasteiger partial charge in [-0.05, 0) is 50.1 Å². The lowest BCUT2D eigenvalue weighted by atomic mass is 10.0. The average molecular weight is 383 g/mol. The molecular weight excluding hydrogens is 352 g/mol. The van der Waals surface area contributed by atoms with Gasteiger partial charge in [-0.1, -0.05) is 38.0 Å². The zero-order chi connectivity index (χ0) is 20.1. The standard InChI is InChI=1S/C23H30N2O3/c1-5-6-9-14-28-20-13-12-17(15-21(20)27-4)22-24-19-11-8-7-10-18(19)23(26)25(22)16(2)3/h7-8,10-13,15-16,22,24H,5-6,9,14H2,1-4H3. The molecule has 0 bridgehead atoms. The van der Waals surface area contributed by atoms with Crippen molar-refractivity contribution in [3.63, 3.8) is 0 Å². The SMILES string of the molecule is CCCCCOc1ccc(C2Nc3ccccc3C(=O)N2C(C)C)cc1OC. The summed E-state index contributed by atoms with van der Waals surface area (Å²) in [7, 11) is 1.65. The Morgan fingerprint density at radius 1 is 1.11 bits per heavy atom. The average Bonchev–Trinajstić information content (AvgIpc) is 2.71. The van der Waals surface area contributed by atoms with Crippen LogP contribution in [-0.2, 0) is 0 Å². The van der Waals surface area contributed by atoms with Crippen LogP contribution in [0.1, 0.15) is 62.1 Å². The van der Waals surface area contributed by atoms with E-state index in [1.165, 1.54) is 0 Å². The molecule has 1 aliphatic rings. The summed E-state index contributed by atoms with van der Waals surface area (Å²) in [6, 6.07) is 13.6. The number of carbonyl (C=O) groups excluding carboxylic acids is 1. The van der Waals surface area contributed by atoms with Crippen molar-refractivity contribution in [3.05, 3.63) is 53.6 Å². The largest absolute Gasteiger partial charge is 0.493 e. The number of hydrogen-bond donors (Lipinski definition) is 1. The highest BCUT2D eigenvalue weighted by Crippen LogP contribution is 2.37. The van der Waals surface area contributed by atoms with Crippen LogP contribution < -0.4 is 14.8 Å². The molecule has 0 aliphatic carbocycles. The highest BCUT2D eigenvalue weighted by Gasteiger charge is 2.34. The molecule has 5 nitrogen and oxygen atoms in total. The predicted octanol–water partition coefficient (Wildman–Crippen LogP) is 5.24. The third-order valence-corrected chi connectivity index (χ3v) is 5.03. The maximum absolute atomic E-state index is 13.1. The van der Waals surface area contributed by atoms with Crippen LogP contribution in [0.15, 0.2) is 42.5 Å². The topological polar surface area (TPSA) is 50.8 Å². The Bertz CT molecular complexity index is 819. The molecule has 2 aromatic carbocycles. The van der Waals surface area contributed by atoms with E-state index in [1.807, 2.05) is 61.2 Å². The van der Waals surface area contributed by atoms with Crippen LogP contribution in [0.2, 0.25) is 0 Å². The Morgan fingerprint density at radius 3 is 2.61 bits per heavy atom. The third kappa shape index (κ3) is 4.08. The summed E-state index contributed by atoms with van der Waals surface area (Å²) in [6.07, 6.45) is 3.08. The Labute approximate surface area is 167 Å². The molecule has 1 heterocycles. The fourth-order valence-electron chi connectivity index (χ4n) is 3.55. The maximum Gasteiger partial charge on any atom is 0.258 e. The highest BCUT2D eigenvalue weighted by atomic mass is 16.5. The number of rotatable bonds is 8. The lowest BCUT2D eigenvalue weighted by Crippen LogP contribution is -2.46. The van der Waals surface area contributed by atoms with Crippen LogP contribution in [0.25, 0.3) is 0 Å². The number of unbranched alkanes of at least 4 members (excludes halogenated alkanes) is 2. The van der Waals surface area contributed by atoms with E-state index in [1.54, 1.807) is 7.11 Å². The normalized spacial score (nSPS) is 16.0. The van der Waals surface area contributed by atoms with Gasteiger partial charge < -0.3 is 19.7 Å². The maximum atomic E-state index is 13.1. The molecule has 0 spiro atoms. The van der Waals surface area contributed by atoms with Gasteiger partial charge in [0.05, 0.1) is 19.3 Å². The molecule has 1 amide bonds. The van der Waals surface area contributed by atoms with E-state index >= 15 is 0 Å². The quantitative estimate of drug-likeness (QED) is 0.635. The molecule has 0 radical (unpaired) electrons. The summed E-state index contributed by atoms with van der Waals surface area (Å²) in [6.45, 7) is 6.91. The monoisotopic (exact) mass is 382 g/mol. The zero-order valence-corrected chi connectivity index (χ0v) is 17.2. The number of benzene rings is 2. The van der Waals surface area contributed by atoms with Crippen LogP contribution in [-0.4, -0.2) is 30.6 Å². The van der Waals surface area contributed by atoms with Gasteiger partial charge in [0.1, 0.15) is 6.17 Å². The summed E-state index contributed by atoms with van der Waals surface area (Å²) in [5, 5.41) is 3.51. The number of anilines is 1. The predicted molar refractivity (Wildman–Crippen MR) is 112 cm³/mol. The van der Waals surface area contributed by atoms with Gasteiger partial charge in [-0.2, -0.15) is 0 Å². The van der Waals surface area contributed by atoms with E-state index in [0.717, 1.165) is 36.3 Å². The summed E-state index contributed by atoms with van der Waals surface area (Å²) in [5.41, 5.74) is 2.53. The van der Waals surface area contributed by atoms with Gasteiger partial charge in [0.15, 0.2) is 11.5 Å². The van der Waals surface area contributed by atoms with Crippen molar-refractivity contribution in [1.82, 2.24) is 4.90 Å². The van der Waals surface area contributed by atoms with Gasteiger partial charge in [0, 0.05) is 11.7 Å². The molecular formula is C23H30N2O3. The number of methoxy groups -OCH3 is 1. The molecule has 1 N–H and O–H groups in total. The van der Waals surface area contributed by atoms with Crippen LogP contribution in [0.4, 0.5) is 5.69 Å². The summed E-state index contributed by atoms with van der Waals surface area (Å²) in [5.74, 6) is 1.46. The van der Waals surface area contributed by atoms with Gasteiger partial charge in [-0.25, -0.2) is 0 Å². The van der Waals surface area contributed by atoms with Gasteiger partial charge in [-0.15, -0.1) is 0 Å². The molecule has 150 valence electrons. The highest BCUT2D eigenvalue weighted by molar-refractivity contribution is 6.01. The minimum absolute atomic E-state index is 0.0354. The van der Waals surface area contributed by atoms with Crippen molar-refractivity contribution in [1.29, 1.82) is 0 Å². The number of nitrogens with one attached hydrogen (secondary N) is 1. The molecule has 0 saturated heterocycles. The molecule has 5 heteroatoms. The smallest absolute Gasteiger partial charge is 0.258 e. The van der Waals surface area contributed by atoms with E-state index < -0.39 is 0 Å². The summed E-state index contributed by atoms with van der Waals surface area (Å²) >= 11 is 0. The van der Waals surface area contributed by atoms with E-state index in [4.69, 9.17) is 9.47 Å². The fourth-order valence-corrected chi connectivity index (χ4v) is 3.55. The van der Waals surface area contributed by atoms with Gasteiger partial charge >= 0.3 is 0 Å². The van der Waals surface area contributed by atoms with E-state index in [9.17, 15) is 4.79 Å². The number of hydrogen-bond acceptors (Lipinski definition) is 4. The number of ether oxygens (including phenoxy) is 2. The fraction of sp³-hybridized carbons (Fsp3) is 0.435. The van der Waals surface area contributed by atoms with Crippen LogP contribution in [0, 0.1) is 0 Å². The minimum Gasteiger partial charge on any atom is -0.493 e. The molecule has 0 saturated carbocycles.